The number of imide groups is 2. The zero-order valence-corrected chi connectivity index (χ0v) is 14.9. The van der Waals surface area contributed by atoms with Crippen LogP contribution in [0.5, 0.6) is 5.75 Å². The van der Waals surface area contributed by atoms with Gasteiger partial charge in [-0.05, 0) is 48.0 Å². The zero-order chi connectivity index (χ0) is 19.4. The lowest BCUT2D eigenvalue weighted by Gasteiger charge is -2.26. The van der Waals surface area contributed by atoms with Crippen LogP contribution in [0.25, 0.3) is 6.08 Å². The first kappa shape index (κ1) is 18.4. The number of urea groups is 1. The van der Waals surface area contributed by atoms with E-state index in [0.717, 1.165) is 4.90 Å². The number of hydrogen-bond donors (Lipinski definition) is 1. The third-order valence-corrected chi connectivity index (χ3v) is 3.98. The number of anilines is 1. The highest BCUT2D eigenvalue weighted by atomic mass is 35.5. The van der Waals surface area contributed by atoms with Crippen molar-refractivity contribution in [3.63, 3.8) is 0 Å². The van der Waals surface area contributed by atoms with E-state index in [0.29, 0.717) is 28.6 Å². The number of halogens is 1. The van der Waals surface area contributed by atoms with Crippen molar-refractivity contribution in [3.05, 3.63) is 77.3 Å². The molecule has 0 aromatic heterocycles. The molecule has 1 saturated heterocycles. The number of carbonyl (C=O) groups excluding carboxylic acids is 3. The number of hydrogen-bond acceptors (Lipinski definition) is 4. The summed E-state index contributed by atoms with van der Waals surface area (Å²) in [5.74, 6) is -0.908. The van der Waals surface area contributed by atoms with Crippen molar-refractivity contribution >= 4 is 41.2 Å². The number of nitrogens with one attached hydrogen (secondary N) is 1. The quantitative estimate of drug-likeness (QED) is 0.487. The predicted octanol–water partition coefficient (Wildman–Crippen LogP) is 3.57. The first-order valence-electron chi connectivity index (χ1n) is 8.00. The summed E-state index contributed by atoms with van der Waals surface area (Å²) in [6, 6.07) is 12.2. The van der Waals surface area contributed by atoms with E-state index >= 15 is 0 Å². The summed E-state index contributed by atoms with van der Waals surface area (Å²) in [5, 5.41) is 2.64. The van der Waals surface area contributed by atoms with Gasteiger partial charge in [-0.1, -0.05) is 36.4 Å². The van der Waals surface area contributed by atoms with Crippen LogP contribution in [-0.2, 0) is 9.59 Å². The summed E-state index contributed by atoms with van der Waals surface area (Å²) < 4.78 is 5.45. The Balaban J connectivity index is 1.94. The molecule has 1 aliphatic rings. The van der Waals surface area contributed by atoms with Crippen molar-refractivity contribution in [3.8, 4) is 5.75 Å². The van der Waals surface area contributed by atoms with Gasteiger partial charge in [-0.25, -0.2) is 9.69 Å². The average molecular weight is 383 g/mol. The lowest BCUT2D eigenvalue weighted by atomic mass is 10.1. The zero-order valence-electron chi connectivity index (χ0n) is 14.1. The van der Waals surface area contributed by atoms with E-state index in [1.807, 2.05) is 0 Å². The van der Waals surface area contributed by atoms with Gasteiger partial charge in [0, 0.05) is 5.02 Å². The Bertz CT molecular complexity index is 951. The molecule has 1 aliphatic heterocycles. The maximum Gasteiger partial charge on any atom is 0.335 e. The van der Waals surface area contributed by atoms with E-state index in [1.165, 1.54) is 18.2 Å². The number of barbiturate groups is 1. The molecule has 136 valence electrons. The van der Waals surface area contributed by atoms with Crippen LogP contribution in [0.1, 0.15) is 5.56 Å². The number of amides is 4. The largest absolute Gasteiger partial charge is 0.490 e. The molecular formula is C20H15ClN2O4. The highest BCUT2D eigenvalue weighted by molar-refractivity contribution is 6.39. The SMILES string of the molecule is C=CCOc1cccc(/C=C2/C(=O)NC(=O)N(c3ccc(Cl)cc3)C2=O)c1. The van der Waals surface area contributed by atoms with Crippen LogP contribution in [0.4, 0.5) is 10.5 Å². The topological polar surface area (TPSA) is 75.7 Å². The molecule has 0 spiro atoms. The number of benzene rings is 2. The van der Waals surface area contributed by atoms with Crippen molar-refractivity contribution in [2.45, 2.75) is 0 Å². The Morgan fingerprint density at radius 3 is 2.56 bits per heavy atom. The summed E-state index contributed by atoms with van der Waals surface area (Å²) in [4.78, 5) is 38.0. The van der Waals surface area contributed by atoms with E-state index < -0.39 is 17.8 Å². The molecule has 0 radical (unpaired) electrons. The summed E-state index contributed by atoms with van der Waals surface area (Å²) in [6.07, 6.45) is 3.02. The minimum absolute atomic E-state index is 0.162. The first-order chi connectivity index (χ1) is 13.0. The van der Waals surface area contributed by atoms with Crippen molar-refractivity contribution in [2.75, 3.05) is 11.5 Å². The van der Waals surface area contributed by atoms with Gasteiger partial charge >= 0.3 is 6.03 Å². The average Bonchev–Trinajstić information content (AvgIpc) is 2.65. The number of ether oxygens (including phenoxy) is 1. The third kappa shape index (κ3) is 4.07. The number of rotatable bonds is 5. The smallest absolute Gasteiger partial charge is 0.335 e. The number of nitrogens with zero attached hydrogens (tertiary/aromatic N) is 1. The molecule has 2 aromatic carbocycles. The molecule has 3 rings (SSSR count). The standard InChI is InChI=1S/C20H15ClN2O4/c1-2-10-27-16-5-3-4-13(11-16)12-17-18(24)22-20(26)23(19(17)25)15-8-6-14(21)7-9-15/h2-9,11-12H,1,10H2,(H,22,24,26)/b17-12-. The van der Waals surface area contributed by atoms with E-state index in [-0.39, 0.29) is 5.57 Å². The van der Waals surface area contributed by atoms with Crippen LogP contribution < -0.4 is 15.0 Å². The lowest BCUT2D eigenvalue weighted by Crippen LogP contribution is -2.54. The van der Waals surface area contributed by atoms with Crippen LogP contribution >= 0.6 is 11.6 Å². The van der Waals surface area contributed by atoms with E-state index in [2.05, 4.69) is 11.9 Å². The van der Waals surface area contributed by atoms with Gasteiger partial charge in [0.2, 0.25) is 0 Å². The van der Waals surface area contributed by atoms with Crippen molar-refractivity contribution in [2.24, 2.45) is 0 Å². The Kier molecular flexibility index (Phi) is 5.38. The van der Waals surface area contributed by atoms with Gasteiger partial charge in [-0.2, -0.15) is 0 Å². The molecule has 2 aromatic rings. The summed E-state index contributed by atoms with van der Waals surface area (Å²) in [5.41, 5.74) is 0.731. The second-order valence-corrected chi connectivity index (χ2v) is 6.04. The van der Waals surface area contributed by atoms with Crippen molar-refractivity contribution in [1.82, 2.24) is 5.32 Å². The van der Waals surface area contributed by atoms with Gasteiger partial charge in [0.15, 0.2) is 0 Å². The molecule has 0 saturated carbocycles. The van der Waals surface area contributed by atoms with Crippen LogP contribution in [0, 0.1) is 0 Å². The minimum Gasteiger partial charge on any atom is -0.490 e. The molecule has 0 bridgehead atoms. The van der Waals surface area contributed by atoms with Gasteiger partial charge in [0.25, 0.3) is 11.8 Å². The van der Waals surface area contributed by atoms with Gasteiger partial charge in [-0.3, -0.25) is 14.9 Å². The summed E-state index contributed by atoms with van der Waals surface area (Å²) >= 11 is 5.85. The van der Waals surface area contributed by atoms with Crippen LogP contribution in [0.3, 0.4) is 0 Å². The second kappa shape index (κ2) is 7.88. The molecular weight excluding hydrogens is 368 g/mol. The third-order valence-electron chi connectivity index (χ3n) is 3.72. The van der Waals surface area contributed by atoms with E-state index in [9.17, 15) is 14.4 Å². The van der Waals surface area contributed by atoms with Gasteiger partial charge in [0.1, 0.15) is 17.9 Å². The predicted molar refractivity (Wildman–Crippen MR) is 103 cm³/mol. The highest BCUT2D eigenvalue weighted by Crippen LogP contribution is 2.24. The molecule has 0 aliphatic carbocycles. The molecule has 7 heteroatoms. The minimum atomic E-state index is -0.812. The normalized spacial score (nSPS) is 15.7. The first-order valence-corrected chi connectivity index (χ1v) is 8.38. The maximum absolute atomic E-state index is 12.8. The van der Waals surface area contributed by atoms with Crippen LogP contribution in [0.2, 0.25) is 5.02 Å². The number of carbonyl (C=O) groups is 3. The maximum atomic E-state index is 12.8. The fraction of sp³-hybridized carbons (Fsp3) is 0.0500. The Hall–Kier alpha value is -3.38. The van der Waals surface area contributed by atoms with Gasteiger partial charge < -0.3 is 4.74 Å². The Morgan fingerprint density at radius 2 is 1.85 bits per heavy atom. The molecule has 27 heavy (non-hydrogen) atoms. The van der Waals surface area contributed by atoms with Gasteiger partial charge in [-0.15, -0.1) is 0 Å². The molecule has 0 unspecified atom stereocenters. The fourth-order valence-corrected chi connectivity index (χ4v) is 2.62. The highest BCUT2D eigenvalue weighted by Gasteiger charge is 2.36. The summed E-state index contributed by atoms with van der Waals surface area (Å²) in [6.45, 7) is 3.91. The van der Waals surface area contributed by atoms with Gasteiger partial charge in [0.05, 0.1) is 5.69 Å². The Labute approximate surface area is 160 Å². The molecule has 4 amide bonds. The lowest BCUT2D eigenvalue weighted by molar-refractivity contribution is -0.122. The van der Waals surface area contributed by atoms with Crippen molar-refractivity contribution < 1.29 is 19.1 Å². The van der Waals surface area contributed by atoms with Crippen LogP contribution in [-0.4, -0.2) is 24.5 Å². The monoisotopic (exact) mass is 382 g/mol. The molecule has 0 atom stereocenters. The fourth-order valence-electron chi connectivity index (χ4n) is 2.50. The van der Waals surface area contributed by atoms with Crippen molar-refractivity contribution in [1.29, 1.82) is 0 Å². The van der Waals surface area contributed by atoms with Crippen LogP contribution in [0.15, 0.2) is 66.8 Å². The molecule has 1 heterocycles. The van der Waals surface area contributed by atoms with E-state index in [4.69, 9.17) is 16.3 Å². The molecule has 1 fully saturated rings. The molecule has 1 N–H and O–H groups in total. The Morgan fingerprint density at radius 1 is 1.11 bits per heavy atom. The summed E-state index contributed by atoms with van der Waals surface area (Å²) in [7, 11) is 0. The van der Waals surface area contributed by atoms with E-state index in [1.54, 1.807) is 42.5 Å². The molecule has 6 nitrogen and oxygen atoms in total. The second-order valence-electron chi connectivity index (χ2n) is 5.61.